The van der Waals surface area contributed by atoms with Gasteiger partial charge in [0.15, 0.2) is 11.5 Å². The first-order valence-corrected chi connectivity index (χ1v) is 10.5. The van der Waals surface area contributed by atoms with Gasteiger partial charge in [-0.3, -0.25) is 19.3 Å². The second kappa shape index (κ2) is 7.79. The lowest BCUT2D eigenvalue weighted by atomic mass is 10.1. The lowest BCUT2D eigenvalue weighted by Crippen LogP contribution is -2.46. The fourth-order valence-corrected chi connectivity index (χ4v) is 4.03. The Morgan fingerprint density at radius 2 is 1.94 bits per heavy atom. The lowest BCUT2D eigenvalue weighted by molar-refractivity contribution is -0.287. The van der Waals surface area contributed by atoms with E-state index in [4.69, 9.17) is 5.73 Å². The Morgan fingerprint density at radius 3 is 2.69 bits per heavy atom. The number of ether oxygens (including phenoxy) is 2. The quantitative estimate of drug-likeness (QED) is 0.446. The van der Waals surface area contributed by atoms with E-state index in [1.54, 1.807) is 36.1 Å². The highest BCUT2D eigenvalue weighted by Crippen LogP contribution is 2.43. The Morgan fingerprint density at radius 1 is 1.17 bits per heavy atom. The van der Waals surface area contributed by atoms with Crippen molar-refractivity contribution >= 4 is 39.4 Å². The summed E-state index contributed by atoms with van der Waals surface area (Å²) in [4.78, 5) is 30.2. The standard InChI is InChI=1S/C23H20F2N6O4/c1-12(32)30(3)31(11-14-5-4-6-18-20(14)35-23(24,25)34-18)22(33)13-7-8-17-15(9-13)19-16(21(26)28-17)10-27-29(19)2/h4-10H,11H2,1-3H3,(H2,26,28). The van der Waals surface area contributed by atoms with Crippen molar-refractivity contribution in [3.05, 3.63) is 53.7 Å². The number of benzene rings is 2. The number of pyridine rings is 1. The topological polar surface area (TPSA) is 116 Å². The predicted molar refractivity (Wildman–Crippen MR) is 121 cm³/mol. The summed E-state index contributed by atoms with van der Waals surface area (Å²) < 4.78 is 38.1. The van der Waals surface area contributed by atoms with Crippen LogP contribution < -0.4 is 15.2 Å². The van der Waals surface area contributed by atoms with Gasteiger partial charge in [-0.2, -0.15) is 5.10 Å². The number of hydrogen-bond donors (Lipinski definition) is 1. The van der Waals surface area contributed by atoms with Crippen LogP contribution in [-0.4, -0.2) is 49.9 Å². The zero-order chi connectivity index (χ0) is 25.1. The molecule has 0 saturated heterocycles. The van der Waals surface area contributed by atoms with Crippen molar-refractivity contribution in [2.24, 2.45) is 7.05 Å². The van der Waals surface area contributed by atoms with Gasteiger partial charge >= 0.3 is 6.29 Å². The summed E-state index contributed by atoms with van der Waals surface area (Å²) in [7, 11) is 3.16. The number of hydrogen-bond acceptors (Lipinski definition) is 7. The largest absolute Gasteiger partial charge is 0.586 e. The van der Waals surface area contributed by atoms with Crippen LogP contribution in [0.25, 0.3) is 21.8 Å². The Labute approximate surface area is 197 Å². The number of nitrogens with two attached hydrogens (primary N) is 1. The van der Waals surface area contributed by atoms with Crippen LogP contribution in [0, 0.1) is 0 Å². The number of hydrazine groups is 1. The van der Waals surface area contributed by atoms with E-state index in [1.807, 2.05) is 0 Å². The molecule has 10 nitrogen and oxygen atoms in total. The van der Waals surface area contributed by atoms with Gasteiger partial charge in [0.2, 0.25) is 5.91 Å². The first kappa shape index (κ1) is 22.3. The Bertz CT molecular complexity index is 1520. The van der Waals surface area contributed by atoms with Crippen LogP contribution in [0.2, 0.25) is 0 Å². The number of halogens is 2. The minimum absolute atomic E-state index is 0.154. The highest BCUT2D eigenvalue weighted by atomic mass is 19.3. The van der Waals surface area contributed by atoms with E-state index in [9.17, 15) is 18.4 Å². The number of carbonyl (C=O) groups is 2. The molecule has 4 aromatic rings. The number of alkyl halides is 2. The fraction of sp³-hybridized carbons (Fsp3) is 0.217. The van der Waals surface area contributed by atoms with E-state index in [-0.39, 0.29) is 29.2 Å². The van der Waals surface area contributed by atoms with Gasteiger partial charge in [-0.15, -0.1) is 8.78 Å². The number of nitrogen functional groups attached to an aromatic ring is 1. The van der Waals surface area contributed by atoms with Crippen molar-refractivity contribution in [3.63, 3.8) is 0 Å². The minimum Gasteiger partial charge on any atom is -0.395 e. The average Bonchev–Trinajstić information content (AvgIpc) is 3.35. The molecule has 0 radical (unpaired) electrons. The molecule has 5 rings (SSSR count). The SMILES string of the molecule is CC(=O)N(C)N(Cc1cccc2c1OC(F)(F)O2)C(=O)c1ccc2nc(N)c3cnn(C)c3c2c1. The molecular weight excluding hydrogens is 462 g/mol. The maximum Gasteiger partial charge on any atom is 0.586 e. The molecule has 12 heteroatoms. The van der Waals surface area contributed by atoms with E-state index in [2.05, 4.69) is 19.6 Å². The third-order valence-electron chi connectivity index (χ3n) is 5.84. The Hall–Kier alpha value is -4.48. The first-order valence-electron chi connectivity index (χ1n) is 10.5. The van der Waals surface area contributed by atoms with Gasteiger partial charge in [0, 0.05) is 37.5 Å². The molecule has 0 unspecified atom stereocenters. The molecular formula is C23H20F2N6O4. The van der Waals surface area contributed by atoms with Crippen molar-refractivity contribution in [1.82, 2.24) is 24.8 Å². The highest BCUT2D eigenvalue weighted by Gasteiger charge is 2.44. The van der Waals surface area contributed by atoms with Crippen molar-refractivity contribution in [1.29, 1.82) is 0 Å². The van der Waals surface area contributed by atoms with Crippen LogP contribution in [0.4, 0.5) is 14.6 Å². The van der Waals surface area contributed by atoms with E-state index in [0.29, 0.717) is 27.6 Å². The smallest absolute Gasteiger partial charge is 0.395 e. The van der Waals surface area contributed by atoms with Crippen molar-refractivity contribution < 1.29 is 27.8 Å². The highest BCUT2D eigenvalue weighted by molar-refractivity contribution is 6.10. The monoisotopic (exact) mass is 482 g/mol. The number of aryl methyl sites for hydroxylation is 1. The van der Waals surface area contributed by atoms with Gasteiger partial charge in [0.25, 0.3) is 5.91 Å². The molecule has 1 aliphatic heterocycles. The van der Waals surface area contributed by atoms with Crippen LogP contribution in [0.3, 0.4) is 0 Å². The number of carbonyl (C=O) groups excluding carboxylic acids is 2. The van der Waals surface area contributed by atoms with Gasteiger partial charge in [-0.1, -0.05) is 12.1 Å². The van der Waals surface area contributed by atoms with Crippen molar-refractivity contribution in [2.75, 3.05) is 12.8 Å². The molecule has 0 aliphatic carbocycles. The van der Waals surface area contributed by atoms with Crippen LogP contribution in [0.5, 0.6) is 11.5 Å². The lowest BCUT2D eigenvalue weighted by Gasteiger charge is -2.31. The molecule has 2 amide bonds. The Balaban J connectivity index is 1.58. The van der Waals surface area contributed by atoms with E-state index < -0.39 is 18.1 Å². The van der Waals surface area contributed by atoms with Crippen molar-refractivity contribution in [2.45, 2.75) is 19.8 Å². The number of rotatable bonds is 3. The normalized spacial score (nSPS) is 13.9. The second-order valence-corrected chi connectivity index (χ2v) is 8.08. The van der Waals surface area contributed by atoms with Crippen LogP contribution in [-0.2, 0) is 18.4 Å². The molecule has 0 atom stereocenters. The third kappa shape index (κ3) is 3.72. The molecule has 0 bridgehead atoms. The van der Waals surface area contributed by atoms with Crippen LogP contribution in [0.1, 0.15) is 22.8 Å². The van der Waals surface area contributed by atoms with Crippen LogP contribution >= 0.6 is 0 Å². The first-order chi connectivity index (χ1) is 16.6. The molecule has 2 aromatic heterocycles. The van der Waals surface area contributed by atoms with Gasteiger partial charge < -0.3 is 15.2 Å². The van der Waals surface area contributed by atoms with E-state index in [1.165, 1.54) is 32.2 Å². The number of amides is 2. The summed E-state index contributed by atoms with van der Waals surface area (Å²) >= 11 is 0. The van der Waals surface area contributed by atoms with Crippen LogP contribution in [0.15, 0.2) is 42.6 Å². The summed E-state index contributed by atoms with van der Waals surface area (Å²) in [5.41, 5.74) is 7.79. The molecule has 0 saturated carbocycles. The molecule has 1 aliphatic rings. The molecule has 2 aromatic carbocycles. The molecule has 35 heavy (non-hydrogen) atoms. The van der Waals surface area contributed by atoms with Gasteiger partial charge in [-0.25, -0.2) is 9.99 Å². The molecule has 2 N–H and O–H groups in total. The van der Waals surface area contributed by atoms with E-state index in [0.717, 1.165) is 10.0 Å². The molecule has 3 heterocycles. The molecule has 0 fully saturated rings. The average molecular weight is 482 g/mol. The zero-order valence-electron chi connectivity index (χ0n) is 19.0. The zero-order valence-corrected chi connectivity index (χ0v) is 19.0. The predicted octanol–water partition coefficient (Wildman–Crippen LogP) is 3.06. The maximum atomic E-state index is 13.7. The number of para-hydroxylation sites is 1. The second-order valence-electron chi connectivity index (χ2n) is 8.08. The van der Waals surface area contributed by atoms with Gasteiger partial charge in [0.05, 0.1) is 29.2 Å². The number of aromatic nitrogens is 3. The summed E-state index contributed by atoms with van der Waals surface area (Å²) in [6, 6.07) is 9.20. The van der Waals surface area contributed by atoms with E-state index >= 15 is 0 Å². The summed E-state index contributed by atoms with van der Waals surface area (Å²) in [5.74, 6) is -1.01. The summed E-state index contributed by atoms with van der Waals surface area (Å²) in [6.07, 6.45) is -2.23. The molecule has 180 valence electrons. The maximum absolute atomic E-state index is 13.7. The van der Waals surface area contributed by atoms with Crippen molar-refractivity contribution in [3.8, 4) is 11.5 Å². The molecule has 0 spiro atoms. The third-order valence-corrected chi connectivity index (χ3v) is 5.84. The number of nitrogens with zero attached hydrogens (tertiary/aromatic N) is 5. The Kier molecular flexibility index (Phi) is 4.97. The minimum atomic E-state index is -3.82. The summed E-state index contributed by atoms with van der Waals surface area (Å²) in [6.45, 7) is 1.06. The number of fused-ring (bicyclic) bond motifs is 4. The fourth-order valence-electron chi connectivity index (χ4n) is 4.03. The summed E-state index contributed by atoms with van der Waals surface area (Å²) in [5, 5.41) is 7.77. The van der Waals surface area contributed by atoms with Gasteiger partial charge in [-0.05, 0) is 24.3 Å². The van der Waals surface area contributed by atoms with Gasteiger partial charge in [0.1, 0.15) is 5.82 Å². The number of anilines is 1.